The molecule has 7 heteroatoms. The summed E-state index contributed by atoms with van der Waals surface area (Å²) in [6.07, 6.45) is 6.04. The molecule has 1 aliphatic carbocycles. The molecule has 0 unspecified atom stereocenters. The Morgan fingerprint density at radius 1 is 0.829 bits per heavy atom. The van der Waals surface area contributed by atoms with Crippen molar-refractivity contribution in [2.75, 3.05) is 0 Å². The molecule has 1 fully saturated rings. The highest BCUT2D eigenvalue weighted by atomic mass is 19.2. The van der Waals surface area contributed by atoms with Crippen molar-refractivity contribution in [1.82, 2.24) is 0 Å². The van der Waals surface area contributed by atoms with Crippen LogP contribution in [-0.2, 0) is 0 Å². The van der Waals surface area contributed by atoms with E-state index in [2.05, 4.69) is 6.92 Å². The molecule has 0 aliphatic heterocycles. The third-order valence-corrected chi connectivity index (χ3v) is 6.70. The lowest BCUT2D eigenvalue weighted by molar-refractivity contribution is 0.0733. The van der Waals surface area contributed by atoms with Crippen LogP contribution in [0.15, 0.2) is 48.5 Å². The first-order valence-electron chi connectivity index (χ1n) is 11.7. The van der Waals surface area contributed by atoms with Crippen LogP contribution >= 0.6 is 0 Å². The summed E-state index contributed by atoms with van der Waals surface area (Å²) in [6.45, 7) is 2.16. The zero-order valence-corrected chi connectivity index (χ0v) is 19.2. The number of carbonyl (C=O) groups is 1. The number of hydrogen-bond acceptors (Lipinski definition) is 2. The van der Waals surface area contributed by atoms with Gasteiger partial charge in [-0.3, -0.25) is 0 Å². The van der Waals surface area contributed by atoms with Gasteiger partial charge < -0.3 is 4.74 Å². The highest BCUT2D eigenvalue weighted by molar-refractivity contribution is 5.91. The molecule has 0 saturated heterocycles. The molecule has 0 amide bonds. The molecule has 0 radical (unpaired) electrons. The SMILES string of the molecule is CCCC1CCC(c2ccc(-c3ccc(C(=O)Oc4cc(F)c(F)c(F)c4)cc3)c(F)c2F)CC1. The molecule has 0 spiro atoms. The summed E-state index contributed by atoms with van der Waals surface area (Å²) < 4.78 is 74.6. The Bertz CT molecular complexity index is 1190. The standard InChI is InChI=1S/C28H25F5O2/c1-2-3-16-4-6-17(7-5-16)21-12-13-22(26(32)25(21)31)18-8-10-19(11-9-18)28(34)35-20-14-23(29)27(33)24(30)15-20/h8-17H,2-7H2,1H3. The lowest BCUT2D eigenvalue weighted by atomic mass is 9.77. The fourth-order valence-electron chi connectivity index (χ4n) is 4.82. The first kappa shape index (κ1) is 24.9. The van der Waals surface area contributed by atoms with Gasteiger partial charge in [-0.1, -0.05) is 44.0 Å². The number of esters is 1. The lowest BCUT2D eigenvalue weighted by Gasteiger charge is -2.29. The van der Waals surface area contributed by atoms with Gasteiger partial charge in [-0.2, -0.15) is 0 Å². The molecule has 0 bridgehead atoms. The highest BCUT2D eigenvalue weighted by Crippen LogP contribution is 2.40. The minimum absolute atomic E-state index is 0.00457. The van der Waals surface area contributed by atoms with Gasteiger partial charge >= 0.3 is 5.97 Å². The Hall–Kier alpha value is -3.22. The minimum atomic E-state index is -1.67. The van der Waals surface area contributed by atoms with Crippen LogP contribution in [-0.4, -0.2) is 5.97 Å². The zero-order chi connectivity index (χ0) is 25.1. The summed E-state index contributed by atoms with van der Waals surface area (Å²) >= 11 is 0. The van der Waals surface area contributed by atoms with E-state index in [1.54, 1.807) is 12.1 Å². The summed E-state index contributed by atoms with van der Waals surface area (Å²) in [5.74, 6) is -7.20. The normalized spacial score (nSPS) is 17.9. The highest BCUT2D eigenvalue weighted by Gasteiger charge is 2.26. The van der Waals surface area contributed by atoms with E-state index in [4.69, 9.17) is 4.74 Å². The van der Waals surface area contributed by atoms with Crippen molar-refractivity contribution >= 4 is 5.97 Å². The summed E-state index contributed by atoms with van der Waals surface area (Å²) in [6, 6.07) is 9.80. The molecular formula is C28H25F5O2. The van der Waals surface area contributed by atoms with E-state index in [1.165, 1.54) is 30.7 Å². The Balaban J connectivity index is 1.48. The van der Waals surface area contributed by atoms with E-state index >= 15 is 0 Å². The fourth-order valence-corrected chi connectivity index (χ4v) is 4.82. The Morgan fingerprint density at radius 3 is 2.06 bits per heavy atom. The maximum atomic E-state index is 15.0. The molecule has 1 aliphatic rings. The van der Waals surface area contributed by atoms with Gasteiger partial charge in [0.05, 0.1) is 5.56 Å². The molecule has 0 heterocycles. The zero-order valence-electron chi connectivity index (χ0n) is 19.2. The van der Waals surface area contributed by atoms with Crippen LogP contribution in [0.25, 0.3) is 11.1 Å². The number of hydrogen-bond donors (Lipinski definition) is 0. The molecule has 1 saturated carbocycles. The monoisotopic (exact) mass is 488 g/mol. The number of rotatable bonds is 6. The topological polar surface area (TPSA) is 26.3 Å². The maximum absolute atomic E-state index is 15.0. The molecule has 2 nitrogen and oxygen atoms in total. The Labute approximate surface area is 200 Å². The van der Waals surface area contributed by atoms with E-state index < -0.39 is 40.8 Å². The first-order chi connectivity index (χ1) is 16.8. The first-order valence-corrected chi connectivity index (χ1v) is 11.7. The molecule has 0 aromatic heterocycles. The van der Waals surface area contributed by atoms with Gasteiger partial charge in [0.15, 0.2) is 29.1 Å². The second-order valence-electron chi connectivity index (χ2n) is 9.00. The van der Waals surface area contributed by atoms with Crippen LogP contribution in [0.1, 0.15) is 67.3 Å². The third kappa shape index (κ3) is 5.39. The molecule has 35 heavy (non-hydrogen) atoms. The molecule has 3 aromatic rings. The third-order valence-electron chi connectivity index (χ3n) is 6.70. The quantitative estimate of drug-likeness (QED) is 0.151. The van der Waals surface area contributed by atoms with E-state index in [0.29, 0.717) is 29.2 Å². The molecule has 4 rings (SSSR count). The van der Waals surface area contributed by atoms with Gasteiger partial charge in [-0.15, -0.1) is 0 Å². The summed E-state index contributed by atoms with van der Waals surface area (Å²) in [4.78, 5) is 12.3. The molecule has 0 atom stereocenters. The number of benzene rings is 3. The molecule has 0 N–H and O–H groups in total. The van der Waals surface area contributed by atoms with Crippen LogP contribution < -0.4 is 4.74 Å². The van der Waals surface area contributed by atoms with Crippen molar-refractivity contribution in [3.05, 3.63) is 88.7 Å². The van der Waals surface area contributed by atoms with Crippen molar-refractivity contribution < 1.29 is 31.5 Å². The maximum Gasteiger partial charge on any atom is 0.343 e. The molecular weight excluding hydrogens is 463 g/mol. The Kier molecular flexibility index (Phi) is 7.53. The number of halogens is 5. The van der Waals surface area contributed by atoms with Gasteiger partial charge in [-0.05, 0) is 60.8 Å². The van der Waals surface area contributed by atoms with Crippen LogP contribution in [0.2, 0.25) is 0 Å². The van der Waals surface area contributed by atoms with Gasteiger partial charge in [-0.25, -0.2) is 26.7 Å². The predicted molar refractivity (Wildman–Crippen MR) is 123 cm³/mol. The largest absolute Gasteiger partial charge is 0.423 e. The number of ether oxygens (including phenoxy) is 1. The van der Waals surface area contributed by atoms with Gasteiger partial charge in [0, 0.05) is 17.7 Å². The van der Waals surface area contributed by atoms with Gasteiger partial charge in [0.1, 0.15) is 5.75 Å². The summed E-state index contributed by atoms with van der Waals surface area (Å²) in [7, 11) is 0. The fraction of sp³-hybridized carbons (Fsp3) is 0.321. The van der Waals surface area contributed by atoms with Crippen molar-refractivity contribution in [2.45, 2.75) is 51.4 Å². The smallest absolute Gasteiger partial charge is 0.343 e. The number of carbonyl (C=O) groups excluding carboxylic acids is 1. The van der Waals surface area contributed by atoms with E-state index in [1.807, 2.05) is 0 Å². The van der Waals surface area contributed by atoms with E-state index in [0.717, 1.165) is 32.1 Å². The predicted octanol–water partition coefficient (Wildman–Crippen LogP) is 8.34. The van der Waals surface area contributed by atoms with Crippen molar-refractivity contribution in [3.63, 3.8) is 0 Å². The van der Waals surface area contributed by atoms with Crippen molar-refractivity contribution in [2.24, 2.45) is 5.92 Å². The average molecular weight is 488 g/mol. The van der Waals surface area contributed by atoms with Crippen LogP contribution in [0.5, 0.6) is 5.75 Å². The molecule has 184 valence electrons. The average Bonchev–Trinajstić information content (AvgIpc) is 2.85. The second-order valence-corrected chi connectivity index (χ2v) is 9.00. The van der Waals surface area contributed by atoms with Crippen LogP contribution in [0.3, 0.4) is 0 Å². The Morgan fingerprint density at radius 2 is 1.46 bits per heavy atom. The van der Waals surface area contributed by atoms with Crippen molar-refractivity contribution in [3.8, 4) is 16.9 Å². The second kappa shape index (κ2) is 10.6. The van der Waals surface area contributed by atoms with E-state index in [-0.39, 0.29) is 17.0 Å². The summed E-state index contributed by atoms with van der Waals surface area (Å²) in [5.41, 5.74) is 0.837. The lowest BCUT2D eigenvalue weighted by Crippen LogP contribution is -2.15. The van der Waals surface area contributed by atoms with E-state index in [9.17, 15) is 26.7 Å². The van der Waals surface area contributed by atoms with Crippen LogP contribution in [0.4, 0.5) is 22.0 Å². The van der Waals surface area contributed by atoms with Gasteiger partial charge in [0.2, 0.25) is 0 Å². The van der Waals surface area contributed by atoms with Gasteiger partial charge in [0.25, 0.3) is 0 Å². The summed E-state index contributed by atoms with van der Waals surface area (Å²) in [5, 5.41) is 0. The van der Waals surface area contributed by atoms with Crippen molar-refractivity contribution in [1.29, 1.82) is 0 Å². The molecule has 3 aromatic carbocycles. The van der Waals surface area contributed by atoms with Crippen LogP contribution in [0, 0.1) is 35.0 Å². The minimum Gasteiger partial charge on any atom is -0.423 e.